The van der Waals surface area contributed by atoms with Gasteiger partial charge in [-0.15, -0.1) is 0 Å². The maximum absolute atomic E-state index is 6.10. The summed E-state index contributed by atoms with van der Waals surface area (Å²) < 4.78 is 10.7. The SMILES string of the molecule is CCNC(c1ccc(Cl)c(OC)c1)c1ccncc1OC. The van der Waals surface area contributed by atoms with Gasteiger partial charge < -0.3 is 14.8 Å². The predicted molar refractivity (Wildman–Crippen MR) is 84.3 cm³/mol. The van der Waals surface area contributed by atoms with Gasteiger partial charge in [0.25, 0.3) is 0 Å². The fraction of sp³-hybridized carbons (Fsp3) is 0.312. The Bertz CT molecular complexity index is 605. The van der Waals surface area contributed by atoms with Crippen LogP contribution in [0.2, 0.25) is 5.02 Å². The minimum Gasteiger partial charge on any atom is -0.495 e. The summed E-state index contributed by atoms with van der Waals surface area (Å²) in [6.07, 6.45) is 3.47. The number of ether oxygens (including phenoxy) is 2. The lowest BCUT2D eigenvalue weighted by Gasteiger charge is -2.21. The van der Waals surface area contributed by atoms with Crippen LogP contribution in [0.4, 0.5) is 0 Å². The molecule has 0 saturated carbocycles. The first kappa shape index (κ1) is 15.6. The van der Waals surface area contributed by atoms with Crippen molar-refractivity contribution in [3.8, 4) is 11.5 Å². The number of nitrogens with one attached hydrogen (secondary N) is 1. The van der Waals surface area contributed by atoms with Gasteiger partial charge in [-0.05, 0) is 30.3 Å². The number of pyridine rings is 1. The second-order valence-electron chi connectivity index (χ2n) is 4.50. The molecule has 1 unspecified atom stereocenters. The topological polar surface area (TPSA) is 43.4 Å². The monoisotopic (exact) mass is 306 g/mol. The average Bonchev–Trinajstić information content (AvgIpc) is 2.53. The standard InChI is InChI=1S/C16H19ClN2O2/c1-4-19-16(12-7-8-18-10-15(12)21-3)11-5-6-13(17)14(9-11)20-2/h5-10,16,19H,4H2,1-3H3. The normalized spacial score (nSPS) is 12.0. The van der Waals surface area contributed by atoms with E-state index in [1.165, 1.54) is 0 Å². The fourth-order valence-corrected chi connectivity index (χ4v) is 2.46. The Balaban J connectivity index is 2.48. The largest absolute Gasteiger partial charge is 0.495 e. The summed E-state index contributed by atoms with van der Waals surface area (Å²) in [6, 6.07) is 7.70. The molecule has 0 saturated heterocycles. The van der Waals surface area contributed by atoms with E-state index in [9.17, 15) is 0 Å². The molecular formula is C16H19ClN2O2. The van der Waals surface area contributed by atoms with Gasteiger partial charge in [0, 0.05) is 11.8 Å². The third-order valence-corrected chi connectivity index (χ3v) is 3.58. The highest BCUT2D eigenvalue weighted by Crippen LogP contribution is 2.33. The molecule has 21 heavy (non-hydrogen) atoms. The van der Waals surface area contributed by atoms with Crippen LogP contribution in [-0.4, -0.2) is 25.7 Å². The van der Waals surface area contributed by atoms with Crippen molar-refractivity contribution in [3.63, 3.8) is 0 Å². The summed E-state index contributed by atoms with van der Waals surface area (Å²) in [7, 11) is 3.26. The molecule has 4 nitrogen and oxygen atoms in total. The Morgan fingerprint density at radius 1 is 1.19 bits per heavy atom. The molecule has 5 heteroatoms. The van der Waals surface area contributed by atoms with E-state index < -0.39 is 0 Å². The first-order valence-corrected chi connectivity index (χ1v) is 7.13. The van der Waals surface area contributed by atoms with Crippen molar-refractivity contribution in [3.05, 3.63) is 52.8 Å². The van der Waals surface area contributed by atoms with Crippen molar-refractivity contribution in [2.45, 2.75) is 13.0 Å². The Morgan fingerprint density at radius 2 is 1.95 bits per heavy atom. The van der Waals surface area contributed by atoms with Crippen LogP contribution in [0.3, 0.4) is 0 Å². The lowest BCUT2D eigenvalue weighted by atomic mass is 9.98. The minimum absolute atomic E-state index is 0.0147. The lowest BCUT2D eigenvalue weighted by molar-refractivity contribution is 0.401. The molecule has 1 N–H and O–H groups in total. The van der Waals surface area contributed by atoms with Crippen LogP contribution in [-0.2, 0) is 0 Å². The molecule has 2 aromatic rings. The van der Waals surface area contributed by atoms with Gasteiger partial charge in [0.1, 0.15) is 11.5 Å². The van der Waals surface area contributed by atoms with Crippen molar-refractivity contribution < 1.29 is 9.47 Å². The highest BCUT2D eigenvalue weighted by molar-refractivity contribution is 6.32. The molecule has 2 rings (SSSR count). The van der Waals surface area contributed by atoms with Gasteiger partial charge in [-0.3, -0.25) is 4.98 Å². The molecule has 1 aromatic heterocycles. The van der Waals surface area contributed by atoms with Crippen molar-refractivity contribution in [1.29, 1.82) is 0 Å². The Kier molecular flexibility index (Phi) is 5.42. The van der Waals surface area contributed by atoms with Crippen LogP contribution in [0.1, 0.15) is 24.1 Å². The van der Waals surface area contributed by atoms with E-state index in [0.29, 0.717) is 10.8 Å². The van der Waals surface area contributed by atoms with Crippen molar-refractivity contribution in [2.24, 2.45) is 0 Å². The molecule has 0 aliphatic heterocycles. The van der Waals surface area contributed by atoms with Crippen molar-refractivity contribution >= 4 is 11.6 Å². The predicted octanol–water partition coefficient (Wildman–Crippen LogP) is 3.45. The number of hydrogen-bond acceptors (Lipinski definition) is 4. The fourth-order valence-electron chi connectivity index (χ4n) is 2.27. The van der Waals surface area contributed by atoms with Gasteiger partial charge in [0.2, 0.25) is 0 Å². The third kappa shape index (κ3) is 3.46. The van der Waals surface area contributed by atoms with E-state index >= 15 is 0 Å². The summed E-state index contributed by atoms with van der Waals surface area (Å²) in [6.45, 7) is 2.88. The van der Waals surface area contributed by atoms with E-state index in [0.717, 1.165) is 23.4 Å². The van der Waals surface area contributed by atoms with E-state index in [1.54, 1.807) is 26.6 Å². The molecule has 0 radical (unpaired) electrons. The molecule has 1 heterocycles. The molecule has 0 bridgehead atoms. The number of methoxy groups -OCH3 is 2. The first-order valence-electron chi connectivity index (χ1n) is 6.76. The number of aromatic nitrogens is 1. The van der Waals surface area contributed by atoms with Crippen molar-refractivity contribution in [1.82, 2.24) is 10.3 Å². The van der Waals surface area contributed by atoms with Gasteiger partial charge in [-0.1, -0.05) is 24.6 Å². The van der Waals surface area contributed by atoms with E-state index in [-0.39, 0.29) is 6.04 Å². The molecule has 0 amide bonds. The molecule has 1 atom stereocenters. The van der Waals surface area contributed by atoms with Crippen LogP contribution in [0.5, 0.6) is 11.5 Å². The zero-order chi connectivity index (χ0) is 15.2. The quantitative estimate of drug-likeness (QED) is 0.887. The maximum Gasteiger partial charge on any atom is 0.142 e. The van der Waals surface area contributed by atoms with Crippen LogP contribution in [0, 0.1) is 0 Å². The molecular weight excluding hydrogens is 288 g/mol. The Labute approximate surface area is 130 Å². The summed E-state index contributed by atoms with van der Waals surface area (Å²) >= 11 is 6.10. The van der Waals surface area contributed by atoms with Crippen LogP contribution in [0.15, 0.2) is 36.7 Å². The van der Waals surface area contributed by atoms with Gasteiger partial charge in [0.05, 0.1) is 31.5 Å². The average molecular weight is 307 g/mol. The number of rotatable bonds is 6. The first-order chi connectivity index (χ1) is 10.2. The zero-order valence-corrected chi connectivity index (χ0v) is 13.1. The molecule has 0 aliphatic carbocycles. The van der Waals surface area contributed by atoms with Crippen LogP contribution in [0.25, 0.3) is 0 Å². The van der Waals surface area contributed by atoms with Crippen molar-refractivity contribution in [2.75, 3.05) is 20.8 Å². The minimum atomic E-state index is -0.0147. The van der Waals surface area contributed by atoms with Crippen LogP contribution < -0.4 is 14.8 Å². The van der Waals surface area contributed by atoms with E-state index in [2.05, 4.69) is 17.2 Å². The van der Waals surface area contributed by atoms with E-state index in [4.69, 9.17) is 21.1 Å². The number of hydrogen-bond donors (Lipinski definition) is 1. The summed E-state index contributed by atoms with van der Waals surface area (Å²) in [5.41, 5.74) is 2.08. The van der Waals surface area contributed by atoms with Gasteiger partial charge in [-0.25, -0.2) is 0 Å². The second kappa shape index (κ2) is 7.29. The second-order valence-corrected chi connectivity index (χ2v) is 4.91. The molecule has 112 valence electrons. The summed E-state index contributed by atoms with van der Waals surface area (Å²) in [5, 5.41) is 4.05. The third-order valence-electron chi connectivity index (χ3n) is 3.26. The lowest BCUT2D eigenvalue weighted by Crippen LogP contribution is -2.22. The van der Waals surface area contributed by atoms with Gasteiger partial charge >= 0.3 is 0 Å². The smallest absolute Gasteiger partial charge is 0.142 e. The van der Waals surface area contributed by atoms with Gasteiger partial charge in [-0.2, -0.15) is 0 Å². The Morgan fingerprint density at radius 3 is 2.62 bits per heavy atom. The summed E-state index contributed by atoms with van der Waals surface area (Å²) in [4.78, 5) is 4.10. The highest BCUT2D eigenvalue weighted by Gasteiger charge is 2.18. The van der Waals surface area contributed by atoms with Gasteiger partial charge in [0.15, 0.2) is 0 Å². The molecule has 1 aromatic carbocycles. The Hall–Kier alpha value is -1.78. The number of halogens is 1. The molecule has 0 aliphatic rings. The van der Waals surface area contributed by atoms with E-state index in [1.807, 2.05) is 24.3 Å². The van der Waals surface area contributed by atoms with Crippen LogP contribution >= 0.6 is 11.6 Å². The number of benzene rings is 1. The number of nitrogens with zero attached hydrogens (tertiary/aromatic N) is 1. The molecule has 0 spiro atoms. The summed E-state index contributed by atoms with van der Waals surface area (Å²) in [5.74, 6) is 1.41. The maximum atomic E-state index is 6.10. The zero-order valence-electron chi connectivity index (χ0n) is 12.4. The highest BCUT2D eigenvalue weighted by atomic mass is 35.5. The molecule has 0 fully saturated rings.